The van der Waals surface area contributed by atoms with Gasteiger partial charge >= 0.3 is 0 Å². The van der Waals surface area contributed by atoms with Crippen LogP contribution in [0.2, 0.25) is 0 Å². The van der Waals surface area contributed by atoms with Crippen LogP contribution in [0.15, 0.2) is 30.5 Å². The molecule has 0 aliphatic carbocycles. The zero-order valence-electron chi connectivity index (χ0n) is 7.19. The molecule has 0 aliphatic rings. The number of methoxy groups -OCH3 is 1. The number of hydrogen-bond donors (Lipinski definition) is 1. The second-order valence-electron chi connectivity index (χ2n) is 2.68. The lowest BCUT2D eigenvalue weighted by atomic mass is 10.2. The first kappa shape index (κ1) is 7.86. The lowest BCUT2D eigenvalue weighted by molar-refractivity contribution is 0.415. The van der Waals surface area contributed by atoms with E-state index in [0.29, 0.717) is 11.1 Å². The number of fused-ring (bicyclic) bond motifs is 1. The lowest BCUT2D eigenvalue weighted by Crippen LogP contribution is -1.86. The highest BCUT2D eigenvalue weighted by atomic mass is 16.5. The Bertz CT molecular complexity index is 435. The second-order valence-corrected chi connectivity index (χ2v) is 2.68. The van der Waals surface area contributed by atoms with Crippen molar-refractivity contribution in [2.75, 3.05) is 7.11 Å². The van der Waals surface area contributed by atoms with Crippen LogP contribution in [-0.2, 0) is 0 Å². The van der Waals surface area contributed by atoms with Crippen LogP contribution in [0.4, 0.5) is 0 Å². The van der Waals surface area contributed by atoms with Crippen molar-refractivity contribution in [2.45, 2.75) is 0 Å². The molecule has 0 bridgehead atoms. The number of hydrogen-bond acceptors (Lipinski definition) is 3. The highest BCUT2D eigenvalue weighted by Crippen LogP contribution is 2.30. The second kappa shape index (κ2) is 2.94. The molecule has 0 radical (unpaired) electrons. The molecule has 0 saturated heterocycles. The molecular formula is C10H9NO2. The third kappa shape index (κ3) is 1.18. The zero-order chi connectivity index (χ0) is 9.26. The molecule has 66 valence electrons. The predicted molar refractivity (Wildman–Crippen MR) is 50.0 cm³/mol. The molecule has 1 aromatic heterocycles. The van der Waals surface area contributed by atoms with Crippen LogP contribution in [0, 0.1) is 0 Å². The molecule has 3 nitrogen and oxygen atoms in total. The van der Waals surface area contributed by atoms with E-state index in [1.54, 1.807) is 31.5 Å². The van der Waals surface area contributed by atoms with Gasteiger partial charge in [0.1, 0.15) is 11.5 Å². The summed E-state index contributed by atoms with van der Waals surface area (Å²) in [5.74, 6) is 0.838. The van der Waals surface area contributed by atoms with Gasteiger partial charge in [0.2, 0.25) is 0 Å². The van der Waals surface area contributed by atoms with Gasteiger partial charge in [-0.25, -0.2) is 0 Å². The van der Waals surface area contributed by atoms with Crippen molar-refractivity contribution in [2.24, 2.45) is 0 Å². The number of rotatable bonds is 1. The van der Waals surface area contributed by atoms with E-state index in [1.165, 1.54) is 0 Å². The van der Waals surface area contributed by atoms with Gasteiger partial charge in [-0.1, -0.05) is 6.07 Å². The molecule has 0 amide bonds. The average molecular weight is 175 g/mol. The minimum absolute atomic E-state index is 0.197. The van der Waals surface area contributed by atoms with Crippen molar-refractivity contribution in [1.82, 2.24) is 4.98 Å². The number of phenols is 1. The van der Waals surface area contributed by atoms with E-state index >= 15 is 0 Å². The summed E-state index contributed by atoms with van der Waals surface area (Å²) in [6.45, 7) is 0. The summed E-state index contributed by atoms with van der Waals surface area (Å²) >= 11 is 0. The summed E-state index contributed by atoms with van der Waals surface area (Å²) in [6, 6.07) is 6.93. The smallest absolute Gasteiger partial charge is 0.133 e. The van der Waals surface area contributed by atoms with Crippen LogP contribution in [-0.4, -0.2) is 17.2 Å². The Morgan fingerprint density at radius 1 is 1.31 bits per heavy atom. The summed E-state index contributed by atoms with van der Waals surface area (Å²) in [5.41, 5.74) is 0.736. The summed E-state index contributed by atoms with van der Waals surface area (Å²) < 4.78 is 5.11. The molecule has 0 fully saturated rings. The molecular weight excluding hydrogens is 166 g/mol. The molecule has 0 atom stereocenters. The van der Waals surface area contributed by atoms with Crippen LogP contribution < -0.4 is 4.74 Å². The van der Waals surface area contributed by atoms with E-state index in [1.807, 2.05) is 6.07 Å². The molecule has 0 saturated carbocycles. The highest BCUT2D eigenvalue weighted by molar-refractivity contribution is 5.90. The van der Waals surface area contributed by atoms with Crippen molar-refractivity contribution in [1.29, 1.82) is 0 Å². The zero-order valence-corrected chi connectivity index (χ0v) is 7.19. The Morgan fingerprint density at radius 2 is 2.15 bits per heavy atom. The van der Waals surface area contributed by atoms with Gasteiger partial charge in [-0.05, 0) is 18.2 Å². The van der Waals surface area contributed by atoms with Gasteiger partial charge in [-0.3, -0.25) is 4.98 Å². The highest BCUT2D eigenvalue weighted by Gasteiger charge is 2.05. The van der Waals surface area contributed by atoms with Crippen molar-refractivity contribution >= 4 is 10.9 Å². The summed E-state index contributed by atoms with van der Waals surface area (Å²) in [7, 11) is 1.57. The lowest BCUT2D eigenvalue weighted by Gasteiger charge is -2.05. The Morgan fingerprint density at radius 3 is 2.92 bits per heavy atom. The van der Waals surface area contributed by atoms with Gasteiger partial charge in [-0.15, -0.1) is 0 Å². The van der Waals surface area contributed by atoms with E-state index in [0.717, 1.165) is 5.52 Å². The molecule has 1 aromatic carbocycles. The molecule has 2 rings (SSSR count). The fourth-order valence-electron chi connectivity index (χ4n) is 1.33. The largest absolute Gasteiger partial charge is 0.507 e. The van der Waals surface area contributed by atoms with Crippen LogP contribution in [0.3, 0.4) is 0 Å². The molecule has 2 aromatic rings. The van der Waals surface area contributed by atoms with E-state index < -0.39 is 0 Å². The van der Waals surface area contributed by atoms with Crippen LogP contribution >= 0.6 is 0 Å². The average Bonchev–Trinajstić information content (AvgIpc) is 2.17. The normalized spacial score (nSPS) is 10.2. The van der Waals surface area contributed by atoms with Gasteiger partial charge in [-0.2, -0.15) is 0 Å². The minimum atomic E-state index is 0.197. The van der Waals surface area contributed by atoms with E-state index in [9.17, 15) is 5.11 Å². The Hall–Kier alpha value is -1.77. The SMILES string of the molecule is COc1ccnc2cccc(O)c12. The Labute approximate surface area is 75.6 Å². The van der Waals surface area contributed by atoms with Crippen LogP contribution in [0.25, 0.3) is 10.9 Å². The third-order valence-corrected chi connectivity index (χ3v) is 1.93. The quantitative estimate of drug-likeness (QED) is 0.720. The molecule has 0 aliphatic heterocycles. The van der Waals surface area contributed by atoms with Gasteiger partial charge < -0.3 is 9.84 Å². The number of aromatic nitrogens is 1. The maximum atomic E-state index is 9.56. The summed E-state index contributed by atoms with van der Waals surface area (Å²) in [4.78, 5) is 4.11. The molecule has 0 unspecified atom stereocenters. The first-order valence-electron chi connectivity index (χ1n) is 3.93. The van der Waals surface area contributed by atoms with Crippen molar-refractivity contribution in [3.05, 3.63) is 30.5 Å². The van der Waals surface area contributed by atoms with Gasteiger partial charge in [0.15, 0.2) is 0 Å². The molecule has 0 spiro atoms. The Kier molecular flexibility index (Phi) is 1.77. The molecule has 1 heterocycles. The topological polar surface area (TPSA) is 42.4 Å². The fraction of sp³-hybridized carbons (Fsp3) is 0.100. The first-order valence-corrected chi connectivity index (χ1v) is 3.93. The third-order valence-electron chi connectivity index (χ3n) is 1.93. The van der Waals surface area contributed by atoms with E-state index in [4.69, 9.17) is 4.74 Å². The molecule has 3 heteroatoms. The van der Waals surface area contributed by atoms with Gasteiger partial charge in [0, 0.05) is 6.20 Å². The number of phenolic OH excluding ortho intramolecular Hbond substituents is 1. The number of pyridine rings is 1. The van der Waals surface area contributed by atoms with Crippen LogP contribution in [0.5, 0.6) is 11.5 Å². The van der Waals surface area contributed by atoms with Crippen molar-refractivity contribution in [3.8, 4) is 11.5 Å². The van der Waals surface area contributed by atoms with Gasteiger partial charge in [0.05, 0.1) is 18.0 Å². The Balaban J connectivity index is 2.87. The van der Waals surface area contributed by atoms with Crippen LogP contribution in [0.1, 0.15) is 0 Å². The molecule has 13 heavy (non-hydrogen) atoms. The monoisotopic (exact) mass is 175 g/mol. The number of benzene rings is 1. The predicted octanol–water partition coefficient (Wildman–Crippen LogP) is 1.95. The van der Waals surface area contributed by atoms with E-state index in [2.05, 4.69) is 4.98 Å². The van der Waals surface area contributed by atoms with Gasteiger partial charge in [0.25, 0.3) is 0 Å². The summed E-state index contributed by atoms with van der Waals surface area (Å²) in [6.07, 6.45) is 1.65. The minimum Gasteiger partial charge on any atom is -0.507 e. The molecule has 1 N–H and O–H groups in total. The maximum absolute atomic E-state index is 9.56. The first-order chi connectivity index (χ1) is 6.33. The number of aromatic hydroxyl groups is 1. The number of ether oxygens (including phenoxy) is 1. The maximum Gasteiger partial charge on any atom is 0.133 e. The summed E-state index contributed by atoms with van der Waals surface area (Å²) in [5, 5.41) is 10.2. The van der Waals surface area contributed by atoms with E-state index in [-0.39, 0.29) is 5.75 Å². The number of nitrogens with zero attached hydrogens (tertiary/aromatic N) is 1. The fourth-order valence-corrected chi connectivity index (χ4v) is 1.33. The standard InChI is InChI=1S/C10H9NO2/c1-13-9-5-6-11-7-3-2-4-8(12)10(7)9/h2-6,12H,1H3. The van der Waals surface area contributed by atoms with Crippen molar-refractivity contribution < 1.29 is 9.84 Å². The van der Waals surface area contributed by atoms with Crippen molar-refractivity contribution in [3.63, 3.8) is 0 Å².